The normalized spacial score (nSPS) is 20.3. The standard InChI is InChI=1S/C30H21F2N3O4/c31-19-7-10-20(25(32)13-19)17-5-8-21-23(11-17)27-24-12-18(6-9-22(24)26(21)38-27)29(36)33-14-15-1-3-16(4-2-15)28-34-30(37)39-35-28/h1-13,26-28,35H,14H2,(H,33,36)(H,34,37)/t26-,27+,28?/m0/s1. The van der Waals surface area contributed by atoms with E-state index in [9.17, 15) is 18.4 Å². The molecule has 1 saturated heterocycles. The van der Waals surface area contributed by atoms with E-state index in [-0.39, 0.29) is 18.1 Å². The predicted molar refractivity (Wildman–Crippen MR) is 136 cm³/mol. The van der Waals surface area contributed by atoms with Gasteiger partial charge in [0.1, 0.15) is 30.0 Å². The van der Waals surface area contributed by atoms with Crippen LogP contribution in [0.2, 0.25) is 0 Å². The molecule has 39 heavy (non-hydrogen) atoms. The minimum atomic E-state index is -0.622. The molecular weight excluding hydrogens is 504 g/mol. The third-order valence-electron chi connectivity index (χ3n) is 7.38. The summed E-state index contributed by atoms with van der Waals surface area (Å²) in [5, 5.41) is 5.58. The van der Waals surface area contributed by atoms with Gasteiger partial charge in [-0.2, -0.15) is 0 Å². The van der Waals surface area contributed by atoms with Gasteiger partial charge in [-0.3, -0.25) is 10.1 Å². The number of nitrogens with one attached hydrogen (secondary N) is 3. The summed E-state index contributed by atoms with van der Waals surface area (Å²) >= 11 is 0. The van der Waals surface area contributed by atoms with Crippen LogP contribution in [0.3, 0.4) is 0 Å². The van der Waals surface area contributed by atoms with Gasteiger partial charge in [-0.05, 0) is 69.3 Å². The summed E-state index contributed by atoms with van der Waals surface area (Å²) in [5.74, 6) is -1.46. The maximum atomic E-state index is 14.4. The Morgan fingerprint density at radius 3 is 2.33 bits per heavy atom. The van der Waals surface area contributed by atoms with Crippen LogP contribution in [0, 0.1) is 11.6 Å². The number of hydrogen-bond donors (Lipinski definition) is 3. The SMILES string of the molecule is O=C1NC(c2ccc(CNC(=O)c3ccc4c(c3)[C@@H]3O[C@H]4c4ccc(-c5ccc(F)cc5F)cc43)cc2)NO1. The van der Waals surface area contributed by atoms with Gasteiger partial charge in [0.05, 0.1) is 0 Å². The van der Waals surface area contributed by atoms with Crippen LogP contribution in [-0.2, 0) is 16.1 Å². The van der Waals surface area contributed by atoms with E-state index in [0.29, 0.717) is 23.2 Å². The van der Waals surface area contributed by atoms with Gasteiger partial charge in [-0.15, -0.1) is 5.48 Å². The summed E-state index contributed by atoms with van der Waals surface area (Å²) in [6.45, 7) is 0.329. The van der Waals surface area contributed by atoms with E-state index >= 15 is 0 Å². The Morgan fingerprint density at radius 2 is 1.59 bits per heavy atom. The molecule has 7 rings (SSSR count). The summed E-state index contributed by atoms with van der Waals surface area (Å²) < 4.78 is 34.1. The first-order valence-corrected chi connectivity index (χ1v) is 12.4. The average Bonchev–Trinajstić information content (AvgIpc) is 3.65. The number of hydroxylamine groups is 1. The minimum absolute atomic E-state index is 0.217. The van der Waals surface area contributed by atoms with Crippen molar-refractivity contribution in [3.63, 3.8) is 0 Å². The fraction of sp³-hybridized carbons (Fsp3) is 0.133. The summed E-state index contributed by atoms with van der Waals surface area (Å²) in [4.78, 5) is 28.9. The molecule has 1 fully saturated rings. The van der Waals surface area contributed by atoms with Crippen molar-refractivity contribution in [1.82, 2.24) is 16.1 Å². The van der Waals surface area contributed by atoms with Crippen LogP contribution >= 0.6 is 0 Å². The van der Waals surface area contributed by atoms with E-state index in [0.717, 1.165) is 39.4 Å². The van der Waals surface area contributed by atoms with Crippen LogP contribution in [0.15, 0.2) is 78.9 Å². The van der Waals surface area contributed by atoms with Gasteiger partial charge in [0, 0.05) is 23.7 Å². The summed E-state index contributed by atoms with van der Waals surface area (Å²) in [6.07, 6.45) is -1.55. The first-order valence-electron chi connectivity index (χ1n) is 12.4. The van der Waals surface area contributed by atoms with Crippen molar-refractivity contribution in [2.45, 2.75) is 24.9 Å². The van der Waals surface area contributed by atoms with Crippen molar-refractivity contribution in [3.8, 4) is 11.1 Å². The average molecular weight is 526 g/mol. The topological polar surface area (TPSA) is 88.7 Å². The van der Waals surface area contributed by atoms with E-state index in [4.69, 9.17) is 4.74 Å². The third kappa shape index (κ3) is 4.03. The maximum Gasteiger partial charge on any atom is 0.427 e. The molecule has 0 spiro atoms. The lowest BCUT2D eigenvalue weighted by Gasteiger charge is -2.18. The quantitative estimate of drug-likeness (QED) is 0.328. The van der Waals surface area contributed by atoms with Crippen molar-refractivity contribution < 1.29 is 27.9 Å². The Morgan fingerprint density at radius 1 is 0.846 bits per heavy atom. The molecule has 7 nitrogen and oxygen atoms in total. The molecule has 0 aliphatic carbocycles. The Balaban J connectivity index is 1.07. The van der Waals surface area contributed by atoms with Crippen LogP contribution in [0.1, 0.15) is 62.1 Å². The zero-order valence-corrected chi connectivity index (χ0v) is 20.3. The largest absolute Gasteiger partial charge is 0.427 e. The molecule has 3 aliphatic rings. The Hall–Kier alpha value is -4.60. The summed E-state index contributed by atoms with van der Waals surface area (Å²) in [7, 11) is 0. The highest BCUT2D eigenvalue weighted by atomic mass is 19.1. The van der Waals surface area contributed by atoms with Crippen LogP contribution in [-0.4, -0.2) is 12.0 Å². The lowest BCUT2D eigenvalue weighted by molar-refractivity contribution is 0.0857. The molecule has 0 aromatic heterocycles. The third-order valence-corrected chi connectivity index (χ3v) is 7.38. The molecule has 1 unspecified atom stereocenters. The van der Waals surface area contributed by atoms with Gasteiger partial charge in [0.15, 0.2) is 0 Å². The molecule has 3 aliphatic heterocycles. The van der Waals surface area contributed by atoms with Crippen LogP contribution in [0.4, 0.5) is 13.6 Å². The van der Waals surface area contributed by atoms with Crippen molar-refractivity contribution in [2.75, 3.05) is 0 Å². The van der Waals surface area contributed by atoms with Crippen molar-refractivity contribution in [2.24, 2.45) is 0 Å². The van der Waals surface area contributed by atoms with Gasteiger partial charge in [-0.25, -0.2) is 13.6 Å². The van der Waals surface area contributed by atoms with E-state index in [2.05, 4.69) is 21.0 Å². The number of amides is 2. The molecule has 4 aromatic carbocycles. The molecule has 3 N–H and O–H groups in total. The van der Waals surface area contributed by atoms with Crippen LogP contribution < -0.4 is 16.1 Å². The molecule has 9 heteroatoms. The van der Waals surface area contributed by atoms with Crippen molar-refractivity contribution in [3.05, 3.63) is 129 Å². The van der Waals surface area contributed by atoms with Crippen LogP contribution in [0.25, 0.3) is 11.1 Å². The van der Waals surface area contributed by atoms with Gasteiger partial charge < -0.3 is 14.9 Å². The number of fused-ring (bicyclic) bond motifs is 8. The van der Waals surface area contributed by atoms with E-state index in [1.54, 1.807) is 6.07 Å². The molecule has 2 amide bonds. The Bertz CT molecular complexity index is 1660. The maximum absolute atomic E-state index is 14.4. The number of rotatable bonds is 5. The van der Waals surface area contributed by atoms with Crippen molar-refractivity contribution >= 4 is 12.0 Å². The number of benzene rings is 4. The van der Waals surface area contributed by atoms with Gasteiger partial charge in [0.25, 0.3) is 5.91 Å². The summed E-state index contributed by atoms with van der Waals surface area (Å²) in [5.41, 5.74) is 9.65. The fourth-order valence-corrected chi connectivity index (χ4v) is 5.43. The van der Waals surface area contributed by atoms with E-state index < -0.39 is 23.9 Å². The second kappa shape index (κ2) is 9.00. The number of carbonyl (C=O) groups is 2. The number of halogens is 2. The minimum Gasteiger partial charge on any atom is -0.356 e. The number of hydrogen-bond acceptors (Lipinski definition) is 5. The number of ether oxygens (including phenoxy) is 1. The first kappa shape index (κ1) is 23.5. The van der Waals surface area contributed by atoms with Gasteiger partial charge in [0.2, 0.25) is 0 Å². The monoisotopic (exact) mass is 525 g/mol. The lowest BCUT2D eigenvalue weighted by Crippen LogP contribution is -2.24. The first-order chi connectivity index (χ1) is 18.9. The van der Waals surface area contributed by atoms with E-state index in [1.807, 2.05) is 54.6 Å². The molecule has 4 aromatic rings. The van der Waals surface area contributed by atoms with Gasteiger partial charge >= 0.3 is 6.09 Å². The Labute approximate surface area is 221 Å². The highest BCUT2D eigenvalue weighted by Gasteiger charge is 2.43. The summed E-state index contributed by atoms with van der Waals surface area (Å²) in [6, 6.07) is 22.2. The van der Waals surface area contributed by atoms with E-state index in [1.165, 1.54) is 12.1 Å². The molecular formula is C30H21F2N3O4. The van der Waals surface area contributed by atoms with Crippen molar-refractivity contribution in [1.29, 1.82) is 0 Å². The lowest BCUT2D eigenvalue weighted by atomic mass is 9.83. The molecule has 0 radical (unpaired) electrons. The smallest absolute Gasteiger partial charge is 0.356 e. The molecule has 3 heterocycles. The fourth-order valence-electron chi connectivity index (χ4n) is 5.43. The molecule has 3 atom stereocenters. The second-order valence-corrected chi connectivity index (χ2v) is 9.72. The predicted octanol–water partition coefficient (Wildman–Crippen LogP) is 5.33. The van der Waals surface area contributed by atoms with Gasteiger partial charge in [-0.1, -0.05) is 42.5 Å². The molecule has 2 bridgehead atoms. The molecule has 0 saturated carbocycles. The highest BCUT2D eigenvalue weighted by molar-refractivity contribution is 5.94. The highest BCUT2D eigenvalue weighted by Crippen LogP contribution is 2.54. The molecule has 194 valence electrons. The zero-order valence-electron chi connectivity index (χ0n) is 20.3. The van der Waals surface area contributed by atoms with Crippen LogP contribution in [0.5, 0.6) is 0 Å². The zero-order chi connectivity index (χ0) is 26.7. The number of carbonyl (C=O) groups excluding carboxylic acids is 2. The Kier molecular flexibility index (Phi) is 5.43. The second-order valence-electron chi connectivity index (χ2n) is 9.72.